The van der Waals surface area contributed by atoms with Crippen molar-refractivity contribution in [2.45, 2.75) is 43.7 Å². The molecule has 1 fully saturated rings. The molecular formula is C16H18N2O4S3. The van der Waals surface area contributed by atoms with Crippen molar-refractivity contribution in [3.8, 4) is 0 Å². The van der Waals surface area contributed by atoms with Crippen LogP contribution < -0.4 is 0 Å². The van der Waals surface area contributed by atoms with Gasteiger partial charge in [-0.2, -0.15) is 0 Å². The van der Waals surface area contributed by atoms with Crippen LogP contribution in [0.15, 0.2) is 5.03 Å². The average molecular weight is 399 g/mol. The summed E-state index contributed by atoms with van der Waals surface area (Å²) in [6.07, 6.45) is 3.19. The third-order valence-corrected chi connectivity index (χ3v) is 8.33. The summed E-state index contributed by atoms with van der Waals surface area (Å²) >= 11 is 3.09. The fourth-order valence-electron chi connectivity index (χ4n) is 3.37. The quantitative estimate of drug-likeness (QED) is 0.444. The van der Waals surface area contributed by atoms with Gasteiger partial charge in [0.25, 0.3) is 0 Å². The van der Waals surface area contributed by atoms with Crippen LogP contribution in [0.2, 0.25) is 0 Å². The smallest absolute Gasteiger partial charge is 0.316 e. The zero-order chi connectivity index (χ0) is 17.6. The van der Waals surface area contributed by atoms with Crippen LogP contribution in [0.4, 0.5) is 0 Å². The fraction of sp³-hybridized carbons (Fsp3) is 0.562. The second kappa shape index (κ2) is 6.51. The van der Waals surface area contributed by atoms with Gasteiger partial charge in [0.1, 0.15) is 21.8 Å². The highest BCUT2D eigenvalue weighted by atomic mass is 32.2. The molecule has 9 heteroatoms. The number of aromatic nitrogens is 2. The van der Waals surface area contributed by atoms with Crippen molar-refractivity contribution in [3.05, 3.63) is 16.3 Å². The number of aryl methyl sites for hydroxylation is 3. The summed E-state index contributed by atoms with van der Waals surface area (Å²) in [5.41, 5.74) is 1.33. The second-order valence-corrected chi connectivity index (χ2v) is 10.7. The lowest BCUT2D eigenvalue weighted by Crippen LogP contribution is -2.20. The Morgan fingerprint density at radius 1 is 1.36 bits per heavy atom. The number of esters is 1. The number of fused-ring (bicyclic) bond motifs is 3. The van der Waals surface area contributed by atoms with Gasteiger partial charge in [0.2, 0.25) is 0 Å². The molecule has 6 nitrogen and oxygen atoms in total. The van der Waals surface area contributed by atoms with Crippen LogP contribution in [0, 0.1) is 6.92 Å². The maximum atomic E-state index is 12.1. The summed E-state index contributed by atoms with van der Waals surface area (Å²) < 4.78 is 28.2. The minimum absolute atomic E-state index is 0.0572. The predicted molar refractivity (Wildman–Crippen MR) is 98.1 cm³/mol. The number of thioether (sulfide) groups is 1. The molecule has 1 saturated heterocycles. The Morgan fingerprint density at radius 3 is 2.96 bits per heavy atom. The molecule has 0 unspecified atom stereocenters. The van der Waals surface area contributed by atoms with Gasteiger partial charge in [0.05, 0.1) is 17.3 Å². The van der Waals surface area contributed by atoms with Gasteiger partial charge in [-0.05, 0) is 38.2 Å². The van der Waals surface area contributed by atoms with Crippen LogP contribution in [0.1, 0.15) is 29.1 Å². The molecule has 2 aromatic heterocycles. The molecule has 0 bridgehead atoms. The van der Waals surface area contributed by atoms with Gasteiger partial charge in [0.15, 0.2) is 9.84 Å². The summed E-state index contributed by atoms with van der Waals surface area (Å²) in [5.74, 6) is 0.490. The molecular weight excluding hydrogens is 380 g/mol. The van der Waals surface area contributed by atoms with Crippen molar-refractivity contribution in [3.63, 3.8) is 0 Å². The van der Waals surface area contributed by atoms with E-state index in [9.17, 15) is 13.2 Å². The van der Waals surface area contributed by atoms with Crippen molar-refractivity contribution < 1.29 is 17.9 Å². The first kappa shape index (κ1) is 17.2. The lowest BCUT2D eigenvalue weighted by atomic mass is 10.2. The highest BCUT2D eigenvalue weighted by molar-refractivity contribution is 8.00. The molecule has 1 aliphatic heterocycles. The van der Waals surface area contributed by atoms with E-state index >= 15 is 0 Å². The molecule has 0 saturated carbocycles. The van der Waals surface area contributed by atoms with Crippen LogP contribution in [0.25, 0.3) is 10.2 Å². The lowest BCUT2D eigenvalue weighted by molar-refractivity contribution is -0.144. The first-order valence-corrected chi connectivity index (χ1v) is 11.9. The molecule has 0 radical (unpaired) electrons. The summed E-state index contributed by atoms with van der Waals surface area (Å²) in [7, 11) is -3.05. The first-order chi connectivity index (χ1) is 11.9. The van der Waals surface area contributed by atoms with E-state index in [1.807, 2.05) is 6.92 Å². The van der Waals surface area contributed by atoms with Gasteiger partial charge in [0, 0.05) is 10.3 Å². The van der Waals surface area contributed by atoms with Crippen molar-refractivity contribution in [1.29, 1.82) is 0 Å². The standard InChI is InChI=1S/C16H18N2O4S3/c1-9-17-15(14-11-3-2-4-12(11)24-16(14)18-9)23-7-13(19)22-10-5-6-25(20,21)8-10/h10H,2-8H2,1H3/t10-/m1/s1. The van der Waals surface area contributed by atoms with Crippen molar-refractivity contribution in [1.82, 2.24) is 9.97 Å². The van der Waals surface area contributed by atoms with E-state index in [0.29, 0.717) is 12.2 Å². The van der Waals surface area contributed by atoms with E-state index < -0.39 is 15.9 Å². The van der Waals surface area contributed by atoms with Crippen LogP contribution in [-0.4, -0.2) is 47.7 Å². The molecule has 1 atom stereocenters. The van der Waals surface area contributed by atoms with Crippen LogP contribution >= 0.6 is 23.1 Å². The molecule has 2 aliphatic rings. The Balaban J connectivity index is 1.48. The molecule has 0 spiro atoms. The molecule has 2 aromatic rings. The van der Waals surface area contributed by atoms with E-state index in [1.165, 1.54) is 22.2 Å². The number of thiophene rings is 1. The summed E-state index contributed by atoms with van der Waals surface area (Å²) in [4.78, 5) is 23.5. The summed E-state index contributed by atoms with van der Waals surface area (Å²) in [5, 5.41) is 1.92. The Bertz CT molecular complexity index is 952. The number of nitrogens with zero attached hydrogens (tertiary/aromatic N) is 2. The molecule has 0 amide bonds. The van der Waals surface area contributed by atoms with E-state index in [1.54, 1.807) is 11.3 Å². The van der Waals surface area contributed by atoms with Gasteiger partial charge in [-0.15, -0.1) is 11.3 Å². The number of hydrogen-bond donors (Lipinski definition) is 0. The number of carbonyl (C=O) groups is 1. The van der Waals surface area contributed by atoms with Crippen molar-refractivity contribution in [2.75, 3.05) is 17.3 Å². The van der Waals surface area contributed by atoms with Crippen LogP contribution in [0.5, 0.6) is 0 Å². The van der Waals surface area contributed by atoms with E-state index in [0.717, 1.165) is 34.5 Å². The fourth-order valence-corrected chi connectivity index (χ4v) is 7.21. The topological polar surface area (TPSA) is 86.2 Å². The molecule has 1 aliphatic carbocycles. The molecule has 134 valence electrons. The van der Waals surface area contributed by atoms with E-state index in [-0.39, 0.29) is 23.2 Å². The minimum atomic E-state index is -3.05. The molecule has 0 aromatic carbocycles. The molecule has 4 rings (SSSR count). The minimum Gasteiger partial charge on any atom is -0.461 e. The first-order valence-electron chi connectivity index (χ1n) is 8.23. The van der Waals surface area contributed by atoms with Crippen LogP contribution in [-0.2, 0) is 32.2 Å². The molecule has 3 heterocycles. The highest BCUT2D eigenvalue weighted by Crippen LogP contribution is 2.40. The monoisotopic (exact) mass is 398 g/mol. The van der Waals surface area contributed by atoms with Crippen molar-refractivity contribution in [2.24, 2.45) is 0 Å². The Morgan fingerprint density at radius 2 is 2.20 bits per heavy atom. The Hall–Kier alpha value is -1.19. The number of hydrogen-bond acceptors (Lipinski definition) is 8. The summed E-state index contributed by atoms with van der Waals surface area (Å²) in [6.45, 7) is 1.86. The average Bonchev–Trinajstić information content (AvgIpc) is 3.18. The third-order valence-electron chi connectivity index (χ3n) is 4.46. The number of carbonyl (C=O) groups excluding carboxylic acids is 1. The van der Waals surface area contributed by atoms with Crippen LogP contribution in [0.3, 0.4) is 0 Å². The SMILES string of the molecule is Cc1nc(SCC(=O)O[C@@H]2CCS(=O)(=O)C2)c2c3c(sc2n1)CCC3. The maximum absolute atomic E-state index is 12.1. The number of ether oxygens (including phenoxy) is 1. The molecule has 0 N–H and O–H groups in total. The second-order valence-electron chi connectivity index (χ2n) is 6.42. The van der Waals surface area contributed by atoms with Crippen molar-refractivity contribution >= 4 is 49.1 Å². The highest BCUT2D eigenvalue weighted by Gasteiger charge is 2.31. The summed E-state index contributed by atoms with van der Waals surface area (Å²) in [6, 6.07) is 0. The normalized spacial score (nSPS) is 21.6. The predicted octanol–water partition coefficient (Wildman–Crippen LogP) is 2.31. The zero-order valence-electron chi connectivity index (χ0n) is 13.8. The van der Waals surface area contributed by atoms with Gasteiger partial charge in [-0.25, -0.2) is 18.4 Å². The number of rotatable bonds is 4. The van der Waals surface area contributed by atoms with Gasteiger partial charge >= 0.3 is 5.97 Å². The van der Waals surface area contributed by atoms with E-state index in [4.69, 9.17) is 4.74 Å². The van der Waals surface area contributed by atoms with E-state index in [2.05, 4.69) is 9.97 Å². The zero-order valence-corrected chi connectivity index (χ0v) is 16.2. The van der Waals surface area contributed by atoms with Gasteiger partial charge < -0.3 is 4.74 Å². The number of sulfone groups is 1. The Kier molecular flexibility index (Phi) is 4.49. The maximum Gasteiger partial charge on any atom is 0.316 e. The Labute approximate surface area is 154 Å². The largest absolute Gasteiger partial charge is 0.461 e. The lowest BCUT2D eigenvalue weighted by Gasteiger charge is -2.10. The van der Waals surface area contributed by atoms with Gasteiger partial charge in [-0.3, -0.25) is 4.79 Å². The van der Waals surface area contributed by atoms with Gasteiger partial charge in [-0.1, -0.05) is 11.8 Å². The third kappa shape index (κ3) is 3.54. The molecule has 25 heavy (non-hydrogen) atoms.